The number of unbranched alkanes of at least 4 members (excludes halogenated alkanes) is 1. The Morgan fingerprint density at radius 3 is 2.56 bits per heavy atom. The van der Waals surface area contributed by atoms with Gasteiger partial charge < -0.3 is 10.7 Å². The van der Waals surface area contributed by atoms with Gasteiger partial charge in [-0.15, -0.1) is 0 Å². The van der Waals surface area contributed by atoms with Crippen molar-refractivity contribution in [1.29, 1.82) is 5.26 Å². The molecule has 0 radical (unpaired) electrons. The second-order valence-corrected chi connectivity index (χ2v) is 7.07. The third-order valence-electron chi connectivity index (χ3n) is 5.33. The Morgan fingerprint density at radius 1 is 0.963 bits per heavy atom. The third-order valence-corrected chi connectivity index (χ3v) is 5.33. The van der Waals surface area contributed by atoms with Gasteiger partial charge in [0.15, 0.2) is 0 Å². The Labute approximate surface area is 159 Å². The number of fused-ring (bicyclic) bond motifs is 2. The first-order chi connectivity index (χ1) is 13.2. The van der Waals surface area contributed by atoms with Crippen LogP contribution in [0.25, 0.3) is 32.9 Å². The second-order valence-electron chi connectivity index (χ2n) is 7.07. The van der Waals surface area contributed by atoms with E-state index in [0.29, 0.717) is 12.1 Å². The molecule has 0 saturated carbocycles. The Kier molecular flexibility index (Phi) is 4.66. The highest BCUT2D eigenvalue weighted by molar-refractivity contribution is 6.02. The maximum atomic E-state index is 9.32. The van der Waals surface area contributed by atoms with Crippen LogP contribution in [0.15, 0.2) is 54.6 Å². The zero-order valence-corrected chi connectivity index (χ0v) is 15.5. The quantitative estimate of drug-likeness (QED) is 0.469. The van der Waals surface area contributed by atoms with Crippen molar-refractivity contribution >= 4 is 21.7 Å². The molecular formula is C24H23N3. The predicted molar refractivity (Wildman–Crippen MR) is 113 cm³/mol. The molecule has 0 atom stereocenters. The van der Waals surface area contributed by atoms with Crippen LogP contribution in [0.4, 0.5) is 0 Å². The fourth-order valence-electron chi connectivity index (χ4n) is 3.92. The predicted octanol–water partition coefficient (Wildman–Crippen LogP) is 5.45. The van der Waals surface area contributed by atoms with Gasteiger partial charge in [-0.3, -0.25) is 0 Å². The summed E-state index contributed by atoms with van der Waals surface area (Å²) in [4.78, 5) is 3.63. The van der Waals surface area contributed by atoms with Crippen molar-refractivity contribution in [2.45, 2.75) is 26.2 Å². The van der Waals surface area contributed by atoms with E-state index in [1.165, 1.54) is 27.5 Å². The van der Waals surface area contributed by atoms with Gasteiger partial charge in [-0.25, -0.2) is 0 Å². The number of hydrogen-bond donors (Lipinski definition) is 2. The number of nitriles is 1. The fourth-order valence-corrected chi connectivity index (χ4v) is 3.92. The Hall–Kier alpha value is -3.09. The van der Waals surface area contributed by atoms with Crippen LogP contribution >= 0.6 is 0 Å². The largest absolute Gasteiger partial charge is 0.354 e. The summed E-state index contributed by atoms with van der Waals surface area (Å²) < 4.78 is 0. The molecule has 3 heteroatoms. The van der Waals surface area contributed by atoms with Gasteiger partial charge in [-0.1, -0.05) is 36.4 Å². The van der Waals surface area contributed by atoms with E-state index >= 15 is 0 Å². The van der Waals surface area contributed by atoms with Crippen LogP contribution in [0.2, 0.25) is 0 Å². The van der Waals surface area contributed by atoms with Gasteiger partial charge in [0.2, 0.25) is 0 Å². The number of H-pyrrole nitrogens is 1. The molecule has 0 bridgehead atoms. The molecule has 0 fully saturated rings. The molecule has 3 nitrogen and oxygen atoms in total. The van der Waals surface area contributed by atoms with Crippen molar-refractivity contribution < 1.29 is 0 Å². The van der Waals surface area contributed by atoms with E-state index in [9.17, 15) is 5.26 Å². The van der Waals surface area contributed by atoms with Crippen LogP contribution < -0.4 is 5.73 Å². The van der Waals surface area contributed by atoms with E-state index in [0.717, 1.165) is 35.9 Å². The molecule has 0 unspecified atom stereocenters. The van der Waals surface area contributed by atoms with Crippen molar-refractivity contribution in [2.24, 2.45) is 5.73 Å². The van der Waals surface area contributed by atoms with Crippen LogP contribution in [0.5, 0.6) is 0 Å². The topological polar surface area (TPSA) is 65.6 Å². The van der Waals surface area contributed by atoms with E-state index in [4.69, 9.17) is 5.73 Å². The van der Waals surface area contributed by atoms with E-state index in [2.05, 4.69) is 54.4 Å². The Morgan fingerprint density at radius 2 is 1.78 bits per heavy atom. The number of benzene rings is 3. The number of nitrogens with two attached hydrogens (primary N) is 1. The van der Waals surface area contributed by atoms with Gasteiger partial charge in [-0.2, -0.15) is 5.26 Å². The number of aromatic amines is 1. The van der Waals surface area contributed by atoms with Gasteiger partial charge in [0.1, 0.15) is 0 Å². The number of nitrogens with one attached hydrogen (secondary N) is 1. The minimum absolute atomic E-state index is 0.696. The Bertz CT molecular complexity index is 1160. The maximum Gasteiger partial charge on any atom is 0.0991 e. The molecular weight excluding hydrogens is 330 g/mol. The molecule has 134 valence electrons. The molecule has 0 spiro atoms. The minimum atomic E-state index is 0.696. The Balaban J connectivity index is 1.97. The SMILES string of the molecule is Cc1ccc(-c2[nH]c3ccc(C#N)cc3c2CCCCN)c2ccccc12. The van der Waals surface area contributed by atoms with Crippen molar-refractivity contribution in [3.63, 3.8) is 0 Å². The third kappa shape index (κ3) is 3.09. The van der Waals surface area contributed by atoms with E-state index in [1.807, 2.05) is 18.2 Å². The highest BCUT2D eigenvalue weighted by Gasteiger charge is 2.16. The molecule has 0 saturated heterocycles. The number of aromatic nitrogens is 1. The summed E-state index contributed by atoms with van der Waals surface area (Å²) in [5.74, 6) is 0. The molecule has 1 heterocycles. The number of nitrogens with zero attached hydrogens (tertiary/aromatic N) is 1. The summed E-state index contributed by atoms with van der Waals surface area (Å²) in [6, 6.07) is 21.1. The average Bonchev–Trinajstić information content (AvgIpc) is 3.06. The first-order valence-electron chi connectivity index (χ1n) is 9.46. The highest BCUT2D eigenvalue weighted by Crippen LogP contribution is 2.36. The summed E-state index contributed by atoms with van der Waals surface area (Å²) in [7, 11) is 0. The molecule has 3 aromatic carbocycles. The van der Waals surface area contributed by atoms with Crippen LogP contribution in [0.3, 0.4) is 0 Å². The second kappa shape index (κ2) is 7.26. The standard InChI is InChI=1S/C24H23N3/c1-16-9-11-21(19-7-3-2-6-18(16)19)24-20(8-4-5-13-25)22-14-17(15-26)10-12-23(22)27-24/h2-3,6-7,9-12,14,27H,4-5,8,13,25H2,1H3. The lowest BCUT2D eigenvalue weighted by Gasteiger charge is -2.11. The van der Waals surface area contributed by atoms with Gasteiger partial charge in [0.05, 0.1) is 17.3 Å². The summed E-state index contributed by atoms with van der Waals surface area (Å²) in [6.45, 7) is 2.85. The van der Waals surface area contributed by atoms with Crippen LogP contribution in [0, 0.1) is 18.3 Å². The monoisotopic (exact) mass is 353 g/mol. The summed E-state index contributed by atoms with van der Waals surface area (Å²) in [6.07, 6.45) is 2.99. The molecule has 4 rings (SSSR count). The molecule has 4 aromatic rings. The van der Waals surface area contributed by atoms with Crippen molar-refractivity contribution in [1.82, 2.24) is 4.98 Å². The van der Waals surface area contributed by atoms with E-state index in [-0.39, 0.29) is 0 Å². The van der Waals surface area contributed by atoms with Crippen molar-refractivity contribution in [3.05, 3.63) is 71.3 Å². The maximum absolute atomic E-state index is 9.32. The molecule has 1 aromatic heterocycles. The lowest BCUT2D eigenvalue weighted by Crippen LogP contribution is -1.99. The summed E-state index contributed by atoms with van der Waals surface area (Å²) in [5.41, 5.74) is 12.4. The highest BCUT2D eigenvalue weighted by atomic mass is 14.7. The molecule has 27 heavy (non-hydrogen) atoms. The van der Waals surface area contributed by atoms with Gasteiger partial charge in [0.25, 0.3) is 0 Å². The summed E-state index contributed by atoms with van der Waals surface area (Å²) in [5, 5.41) is 13.0. The van der Waals surface area contributed by atoms with Gasteiger partial charge in [-0.05, 0) is 72.8 Å². The van der Waals surface area contributed by atoms with Gasteiger partial charge in [0, 0.05) is 16.5 Å². The number of aryl methyl sites for hydroxylation is 2. The molecule has 3 N–H and O–H groups in total. The minimum Gasteiger partial charge on any atom is -0.354 e. The zero-order chi connectivity index (χ0) is 18.8. The molecule has 0 aliphatic carbocycles. The van der Waals surface area contributed by atoms with Crippen molar-refractivity contribution in [3.8, 4) is 17.3 Å². The normalized spacial score (nSPS) is 11.1. The van der Waals surface area contributed by atoms with E-state index < -0.39 is 0 Å². The number of hydrogen-bond acceptors (Lipinski definition) is 2. The number of rotatable bonds is 5. The summed E-state index contributed by atoms with van der Waals surface area (Å²) >= 11 is 0. The lowest BCUT2D eigenvalue weighted by molar-refractivity contribution is 0.748. The smallest absolute Gasteiger partial charge is 0.0991 e. The van der Waals surface area contributed by atoms with Crippen LogP contribution in [-0.2, 0) is 6.42 Å². The molecule has 0 aliphatic heterocycles. The fraction of sp³-hybridized carbons (Fsp3) is 0.208. The first kappa shape index (κ1) is 17.3. The van der Waals surface area contributed by atoms with E-state index in [1.54, 1.807) is 0 Å². The molecule has 0 aliphatic rings. The van der Waals surface area contributed by atoms with Crippen LogP contribution in [-0.4, -0.2) is 11.5 Å². The first-order valence-corrected chi connectivity index (χ1v) is 9.46. The average molecular weight is 353 g/mol. The van der Waals surface area contributed by atoms with Gasteiger partial charge >= 0.3 is 0 Å². The van der Waals surface area contributed by atoms with Crippen LogP contribution in [0.1, 0.15) is 29.5 Å². The lowest BCUT2D eigenvalue weighted by atomic mass is 9.94. The van der Waals surface area contributed by atoms with Crippen molar-refractivity contribution in [2.75, 3.05) is 6.54 Å². The zero-order valence-electron chi connectivity index (χ0n) is 15.5. The molecule has 0 amide bonds.